The number of nitrogens with zero attached hydrogens (tertiary/aromatic N) is 1. The van der Waals surface area contributed by atoms with Gasteiger partial charge in [-0.15, -0.1) is 0 Å². The molecule has 0 saturated carbocycles. The largest absolute Gasteiger partial charge is 0.355 e. The lowest BCUT2D eigenvalue weighted by atomic mass is 10.0. The first-order chi connectivity index (χ1) is 9.72. The standard InChI is InChI=1S/C15H21N3O2/c1-16-9-10-17-14(19)8-11-18-13-5-3-2-4-12(13)6-7-15(18)20/h2-5,16H,6-11H2,1H3,(H,17,19). The SMILES string of the molecule is CNCCNC(=O)CCN1C(=O)CCc2ccccc21. The molecule has 1 aromatic carbocycles. The van der Waals surface area contributed by atoms with E-state index in [4.69, 9.17) is 0 Å². The molecule has 1 aliphatic heterocycles. The molecule has 2 rings (SSSR count). The number of para-hydroxylation sites is 1. The fourth-order valence-corrected chi connectivity index (χ4v) is 2.37. The maximum absolute atomic E-state index is 12.0. The van der Waals surface area contributed by atoms with Crippen molar-refractivity contribution < 1.29 is 9.59 Å². The highest BCUT2D eigenvalue weighted by Crippen LogP contribution is 2.27. The summed E-state index contributed by atoms with van der Waals surface area (Å²) >= 11 is 0. The lowest BCUT2D eigenvalue weighted by molar-refractivity contribution is -0.121. The summed E-state index contributed by atoms with van der Waals surface area (Å²) < 4.78 is 0. The molecule has 0 unspecified atom stereocenters. The highest BCUT2D eigenvalue weighted by atomic mass is 16.2. The van der Waals surface area contributed by atoms with Gasteiger partial charge in [0.1, 0.15) is 0 Å². The first-order valence-electron chi connectivity index (χ1n) is 7.02. The van der Waals surface area contributed by atoms with E-state index in [1.165, 1.54) is 5.56 Å². The molecule has 0 radical (unpaired) electrons. The highest BCUT2D eigenvalue weighted by Gasteiger charge is 2.23. The van der Waals surface area contributed by atoms with Crippen LogP contribution in [-0.4, -0.2) is 38.5 Å². The van der Waals surface area contributed by atoms with Crippen molar-refractivity contribution >= 4 is 17.5 Å². The molecule has 0 spiro atoms. The molecule has 20 heavy (non-hydrogen) atoms. The van der Waals surface area contributed by atoms with E-state index in [1.54, 1.807) is 4.90 Å². The van der Waals surface area contributed by atoms with Crippen LogP contribution in [0.3, 0.4) is 0 Å². The van der Waals surface area contributed by atoms with Crippen LogP contribution in [0.25, 0.3) is 0 Å². The number of benzene rings is 1. The second-order valence-corrected chi connectivity index (χ2v) is 4.88. The minimum atomic E-state index is -0.0175. The number of aryl methyl sites for hydroxylation is 1. The van der Waals surface area contributed by atoms with E-state index in [-0.39, 0.29) is 11.8 Å². The monoisotopic (exact) mass is 275 g/mol. The molecule has 5 nitrogen and oxygen atoms in total. The Morgan fingerprint density at radius 2 is 2.05 bits per heavy atom. The zero-order valence-corrected chi connectivity index (χ0v) is 11.8. The molecule has 0 atom stereocenters. The number of amides is 2. The number of fused-ring (bicyclic) bond motifs is 1. The lowest BCUT2D eigenvalue weighted by Crippen LogP contribution is -2.39. The minimum Gasteiger partial charge on any atom is -0.355 e. The Morgan fingerprint density at radius 3 is 2.85 bits per heavy atom. The summed E-state index contributed by atoms with van der Waals surface area (Å²) in [6, 6.07) is 7.90. The second-order valence-electron chi connectivity index (χ2n) is 4.88. The van der Waals surface area contributed by atoms with Gasteiger partial charge in [-0.25, -0.2) is 0 Å². The molecule has 1 aliphatic rings. The molecule has 2 N–H and O–H groups in total. The van der Waals surface area contributed by atoms with Gasteiger partial charge >= 0.3 is 0 Å². The minimum absolute atomic E-state index is 0.0175. The van der Waals surface area contributed by atoms with E-state index >= 15 is 0 Å². The number of hydrogen-bond acceptors (Lipinski definition) is 3. The van der Waals surface area contributed by atoms with Gasteiger partial charge in [0.05, 0.1) is 0 Å². The smallest absolute Gasteiger partial charge is 0.227 e. The molecule has 2 amide bonds. The summed E-state index contributed by atoms with van der Waals surface area (Å²) in [6.45, 7) is 1.80. The molecule has 0 saturated heterocycles. The molecular formula is C15H21N3O2. The van der Waals surface area contributed by atoms with Gasteiger partial charge in [0, 0.05) is 38.2 Å². The number of likely N-dealkylation sites (N-methyl/N-ethyl adjacent to an activating group) is 1. The normalized spacial score (nSPS) is 14.1. The Morgan fingerprint density at radius 1 is 1.25 bits per heavy atom. The predicted octanol–water partition coefficient (Wildman–Crippen LogP) is 0.692. The van der Waals surface area contributed by atoms with Crippen molar-refractivity contribution in [2.75, 3.05) is 31.6 Å². The van der Waals surface area contributed by atoms with Gasteiger partial charge in [0.2, 0.25) is 11.8 Å². The van der Waals surface area contributed by atoms with Crippen molar-refractivity contribution in [3.8, 4) is 0 Å². The van der Waals surface area contributed by atoms with Crippen LogP contribution >= 0.6 is 0 Å². The van der Waals surface area contributed by atoms with Gasteiger partial charge in [-0.05, 0) is 25.1 Å². The number of anilines is 1. The lowest BCUT2D eigenvalue weighted by Gasteiger charge is -2.29. The van der Waals surface area contributed by atoms with Crippen LogP contribution in [0, 0.1) is 0 Å². The zero-order chi connectivity index (χ0) is 14.4. The van der Waals surface area contributed by atoms with Crippen LogP contribution in [0.4, 0.5) is 5.69 Å². The van der Waals surface area contributed by atoms with Crippen molar-refractivity contribution in [3.05, 3.63) is 29.8 Å². The summed E-state index contributed by atoms with van der Waals surface area (Å²) in [5.41, 5.74) is 2.13. The first-order valence-corrected chi connectivity index (χ1v) is 7.02. The summed E-state index contributed by atoms with van der Waals surface area (Å²) in [7, 11) is 1.84. The molecule has 0 aromatic heterocycles. The number of carbonyl (C=O) groups excluding carboxylic acids is 2. The Balaban J connectivity index is 1.92. The van der Waals surface area contributed by atoms with Gasteiger partial charge < -0.3 is 15.5 Å². The predicted molar refractivity (Wildman–Crippen MR) is 78.7 cm³/mol. The second kappa shape index (κ2) is 7.05. The van der Waals surface area contributed by atoms with Gasteiger partial charge in [0.25, 0.3) is 0 Å². The van der Waals surface area contributed by atoms with E-state index in [0.717, 1.165) is 18.7 Å². The van der Waals surface area contributed by atoms with E-state index in [0.29, 0.717) is 25.9 Å². The molecule has 1 aromatic rings. The summed E-state index contributed by atoms with van der Waals surface area (Å²) in [6.07, 6.45) is 1.65. The number of rotatable bonds is 6. The average molecular weight is 275 g/mol. The summed E-state index contributed by atoms with van der Waals surface area (Å²) in [5, 5.41) is 5.79. The third kappa shape index (κ3) is 3.57. The van der Waals surface area contributed by atoms with Gasteiger partial charge in [0.15, 0.2) is 0 Å². The Labute approximate surface area is 119 Å². The van der Waals surface area contributed by atoms with Gasteiger partial charge in [-0.2, -0.15) is 0 Å². The molecule has 0 bridgehead atoms. The van der Waals surface area contributed by atoms with Gasteiger partial charge in [-0.3, -0.25) is 9.59 Å². The van der Waals surface area contributed by atoms with Crippen molar-refractivity contribution in [2.45, 2.75) is 19.3 Å². The molecule has 0 aliphatic carbocycles. The molecular weight excluding hydrogens is 254 g/mol. The summed E-state index contributed by atoms with van der Waals surface area (Å²) in [5.74, 6) is 0.0860. The van der Waals surface area contributed by atoms with Crippen molar-refractivity contribution in [3.63, 3.8) is 0 Å². The van der Waals surface area contributed by atoms with E-state index in [2.05, 4.69) is 10.6 Å². The maximum Gasteiger partial charge on any atom is 0.227 e. The van der Waals surface area contributed by atoms with E-state index < -0.39 is 0 Å². The molecule has 5 heteroatoms. The summed E-state index contributed by atoms with van der Waals surface area (Å²) in [4.78, 5) is 25.4. The van der Waals surface area contributed by atoms with Crippen LogP contribution in [0.5, 0.6) is 0 Å². The third-order valence-corrected chi connectivity index (χ3v) is 3.45. The number of hydrogen-bond donors (Lipinski definition) is 2. The maximum atomic E-state index is 12.0. The molecule has 0 fully saturated rings. The van der Waals surface area contributed by atoms with Crippen molar-refractivity contribution in [1.29, 1.82) is 0 Å². The Bertz CT molecular complexity index is 488. The van der Waals surface area contributed by atoms with E-state index in [9.17, 15) is 9.59 Å². The number of nitrogens with one attached hydrogen (secondary N) is 2. The van der Waals surface area contributed by atoms with Crippen LogP contribution in [-0.2, 0) is 16.0 Å². The third-order valence-electron chi connectivity index (χ3n) is 3.45. The topological polar surface area (TPSA) is 61.4 Å². The van der Waals surface area contributed by atoms with Gasteiger partial charge in [-0.1, -0.05) is 18.2 Å². The van der Waals surface area contributed by atoms with Crippen LogP contribution in [0.2, 0.25) is 0 Å². The Hall–Kier alpha value is -1.88. The number of carbonyl (C=O) groups is 2. The van der Waals surface area contributed by atoms with Crippen LogP contribution in [0.1, 0.15) is 18.4 Å². The van der Waals surface area contributed by atoms with E-state index in [1.807, 2.05) is 31.3 Å². The highest BCUT2D eigenvalue weighted by molar-refractivity contribution is 5.96. The zero-order valence-electron chi connectivity index (χ0n) is 11.8. The fraction of sp³-hybridized carbons (Fsp3) is 0.467. The van der Waals surface area contributed by atoms with Crippen LogP contribution < -0.4 is 15.5 Å². The Kier molecular flexibility index (Phi) is 5.12. The fourth-order valence-electron chi connectivity index (χ4n) is 2.37. The molecule has 1 heterocycles. The quantitative estimate of drug-likeness (QED) is 0.751. The van der Waals surface area contributed by atoms with Crippen molar-refractivity contribution in [1.82, 2.24) is 10.6 Å². The molecule has 108 valence electrons. The van der Waals surface area contributed by atoms with Crippen LogP contribution in [0.15, 0.2) is 24.3 Å². The average Bonchev–Trinajstić information content (AvgIpc) is 2.46. The van der Waals surface area contributed by atoms with Crippen molar-refractivity contribution in [2.24, 2.45) is 0 Å². The first kappa shape index (κ1) is 14.5.